The van der Waals surface area contributed by atoms with Gasteiger partial charge in [-0.15, -0.1) is 0 Å². The fourth-order valence-corrected chi connectivity index (χ4v) is 3.52. The zero-order valence-corrected chi connectivity index (χ0v) is 18.1. The number of pyridine rings is 1. The lowest BCUT2D eigenvalue weighted by molar-refractivity contribution is -0.123. The van der Waals surface area contributed by atoms with Crippen molar-refractivity contribution in [3.05, 3.63) is 59.4 Å². The number of imide groups is 1. The van der Waals surface area contributed by atoms with Gasteiger partial charge in [0.2, 0.25) is 5.91 Å². The Bertz CT molecular complexity index is 990. The van der Waals surface area contributed by atoms with E-state index in [-0.39, 0.29) is 30.3 Å². The van der Waals surface area contributed by atoms with Gasteiger partial charge in [0, 0.05) is 18.4 Å². The number of anilines is 1. The molecule has 7 heteroatoms. The van der Waals surface area contributed by atoms with E-state index in [1.54, 1.807) is 32.2 Å². The third-order valence-electron chi connectivity index (χ3n) is 5.39. The van der Waals surface area contributed by atoms with Crippen LogP contribution in [0.5, 0.6) is 0 Å². The second-order valence-corrected chi connectivity index (χ2v) is 9.16. The minimum atomic E-state index is -1.01. The third kappa shape index (κ3) is 4.06. The molecule has 1 aliphatic rings. The molecular weight excluding hydrogens is 380 g/mol. The van der Waals surface area contributed by atoms with Crippen molar-refractivity contribution in [3.8, 4) is 0 Å². The smallest absolute Gasteiger partial charge is 0.332 e. The van der Waals surface area contributed by atoms with Gasteiger partial charge >= 0.3 is 6.03 Å². The molecule has 158 valence electrons. The van der Waals surface area contributed by atoms with Crippen LogP contribution in [0.4, 0.5) is 10.5 Å². The van der Waals surface area contributed by atoms with Gasteiger partial charge in [-0.05, 0) is 54.7 Å². The van der Waals surface area contributed by atoms with Crippen LogP contribution >= 0.6 is 0 Å². The van der Waals surface area contributed by atoms with Crippen LogP contribution in [0.1, 0.15) is 51.4 Å². The van der Waals surface area contributed by atoms with Gasteiger partial charge in [0.15, 0.2) is 0 Å². The highest BCUT2D eigenvalue weighted by Gasteiger charge is 2.51. The van der Waals surface area contributed by atoms with Gasteiger partial charge in [0.1, 0.15) is 5.54 Å². The molecule has 30 heavy (non-hydrogen) atoms. The summed E-state index contributed by atoms with van der Waals surface area (Å²) in [4.78, 5) is 44.4. The molecule has 3 rings (SSSR count). The zero-order chi connectivity index (χ0) is 22.3. The lowest BCUT2D eigenvalue weighted by Crippen LogP contribution is -2.43. The predicted octanol–water partition coefficient (Wildman–Crippen LogP) is 3.15. The van der Waals surface area contributed by atoms with Crippen LogP contribution in [0.2, 0.25) is 0 Å². The van der Waals surface area contributed by atoms with Gasteiger partial charge < -0.3 is 10.6 Å². The Kier molecular flexibility index (Phi) is 5.41. The number of rotatable bonds is 5. The largest absolute Gasteiger partial charge is 0.369 e. The van der Waals surface area contributed by atoms with Crippen LogP contribution in [0, 0.1) is 0 Å². The maximum Gasteiger partial charge on any atom is 0.332 e. The molecule has 4 amide bonds. The number of hydrogen-bond acceptors (Lipinski definition) is 4. The first kappa shape index (κ1) is 21.5. The van der Waals surface area contributed by atoms with E-state index >= 15 is 0 Å². The molecule has 0 bridgehead atoms. The molecule has 2 heterocycles. The predicted molar refractivity (Wildman–Crippen MR) is 115 cm³/mol. The van der Waals surface area contributed by atoms with E-state index in [0.717, 1.165) is 11.1 Å². The Morgan fingerprint density at radius 3 is 2.30 bits per heavy atom. The number of aromatic nitrogens is 1. The number of primary amides is 1. The van der Waals surface area contributed by atoms with Gasteiger partial charge in [0.05, 0.1) is 12.1 Å². The molecule has 0 unspecified atom stereocenters. The van der Waals surface area contributed by atoms with Crippen molar-refractivity contribution < 1.29 is 14.4 Å². The van der Waals surface area contributed by atoms with E-state index in [1.807, 2.05) is 24.3 Å². The van der Waals surface area contributed by atoms with E-state index in [0.29, 0.717) is 11.4 Å². The number of amides is 4. The second-order valence-electron chi connectivity index (χ2n) is 9.16. The molecule has 1 fully saturated rings. The minimum Gasteiger partial charge on any atom is -0.369 e. The topological polar surface area (TPSA) is 96.6 Å². The Morgan fingerprint density at radius 1 is 1.10 bits per heavy atom. The number of nitrogens with zero attached hydrogens (tertiary/aromatic N) is 3. The number of benzene rings is 1. The summed E-state index contributed by atoms with van der Waals surface area (Å²) in [6.45, 7) is 10.0. The molecule has 2 aromatic rings. The molecule has 1 aromatic heterocycles. The molecule has 0 radical (unpaired) electrons. The summed E-state index contributed by atoms with van der Waals surface area (Å²) in [5, 5.41) is 0. The van der Waals surface area contributed by atoms with Crippen LogP contribution < -0.4 is 10.6 Å². The number of carbonyl (C=O) groups is 3. The number of carbonyl (C=O) groups excluding carboxylic acids is 3. The van der Waals surface area contributed by atoms with Crippen LogP contribution in [-0.2, 0) is 28.0 Å². The summed E-state index contributed by atoms with van der Waals surface area (Å²) in [5.74, 6) is -0.750. The SMILES string of the molecule is CC(C)(C)c1ccc(N2C(=O)N(Cc3ccnc(CC(N)=O)c3)C(C)(C)C2=O)cc1. The molecule has 0 saturated carbocycles. The van der Waals surface area contributed by atoms with Gasteiger partial charge in [-0.1, -0.05) is 32.9 Å². The van der Waals surface area contributed by atoms with Crippen molar-refractivity contribution in [3.63, 3.8) is 0 Å². The van der Waals surface area contributed by atoms with E-state index in [4.69, 9.17) is 5.73 Å². The summed E-state index contributed by atoms with van der Waals surface area (Å²) in [7, 11) is 0. The summed E-state index contributed by atoms with van der Waals surface area (Å²) in [6, 6.07) is 10.6. The average molecular weight is 409 g/mol. The van der Waals surface area contributed by atoms with Crippen molar-refractivity contribution >= 4 is 23.5 Å². The lowest BCUT2D eigenvalue weighted by atomic mass is 9.87. The maximum atomic E-state index is 13.2. The molecule has 1 aliphatic heterocycles. The van der Waals surface area contributed by atoms with Gasteiger partial charge in [0.25, 0.3) is 5.91 Å². The number of hydrogen-bond donors (Lipinski definition) is 1. The third-order valence-corrected chi connectivity index (χ3v) is 5.39. The van der Waals surface area contributed by atoms with E-state index in [2.05, 4.69) is 25.8 Å². The molecular formula is C23H28N4O3. The van der Waals surface area contributed by atoms with Gasteiger partial charge in [-0.3, -0.25) is 14.6 Å². The van der Waals surface area contributed by atoms with Crippen LogP contribution in [0.15, 0.2) is 42.6 Å². The first-order chi connectivity index (χ1) is 13.9. The number of nitrogens with two attached hydrogens (primary N) is 1. The van der Waals surface area contributed by atoms with Crippen LogP contribution in [-0.4, -0.2) is 33.3 Å². The molecule has 7 nitrogen and oxygen atoms in total. The monoisotopic (exact) mass is 408 g/mol. The normalized spacial score (nSPS) is 16.3. The Hall–Kier alpha value is -3.22. The molecule has 0 spiro atoms. The van der Waals surface area contributed by atoms with E-state index in [9.17, 15) is 14.4 Å². The second kappa shape index (κ2) is 7.55. The number of urea groups is 1. The lowest BCUT2D eigenvalue weighted by Gasteiger charge is -2.27. The molecule has 0 aliphatic carbocycles. The Balaban J connectivity index is 1.88. The first-order valence-electron chi connectivity index (χ1n) is 9.90. The van der Waals surface area contributed by atoms with E-state index in [1.165, 1.54) is 9.80 Å². The summed E-state index contributed by atoms with van der Waals surface area (Å²) >= 11 is 0. The standard InChI is InChI=1S/C23H28N4O3/c1-22(2,3)16-6-8-18(9-7-16)27-20(29)23(4,5)26(21(27)30)14-15-10-11-25-17(12-15)13-19(24)28/h6-12H,13-14H2,1-5H3,(H2,24,28). The van der Waals surface area contributed by atoms with Crippen molar-refractivity contribution in [1.29, 1.82) is 0 Å². The van der Waals surface area contributed by atoms with Gasteiger partial charge in [-0.2, -0.15) is 0 Å². The molecule has 2 N–H and O–H groups in total. The average Bonchev–Trinajstić information content (AvgIpc) is 2.81. The fraction of sp³-hybridized carbons (Fsp3) is 0.391. The van der Waals surface area contributed by atoms with Crippen molar-refractivity contribution in [2.75, 3.05) is 4.90 Å². The Labute approximate surface area is 176 Å². The highest BCUT2D eigenvalue weighted by molar-refractivity contribution is 6.22. The minimum absolute atomic E-state index is 0.0210. The highest BCUT2D eigenvalue weighted by atomic mass is 16.2. The zero-order valence-electron chi connectivity index (χ0n) is 18.1. The highest BCUT2D eigenvalue weighted by Crippen LogP contribution is 2.34. The molecule has 1 aromatic carbocycles. The van der Waals surface area contributed by atoms with Crippen LogP contribution in [0.25, 0.3) is 0 Å². The molecule has 0 atom stereocenters. The molecule has 1 saturated heterocycles. The van der Waals surface area contributed by atoms with Crippen molar-refractivity contribution in [2.24, 2.45) is 5.73 Å². The summed E-state index contributed by atoms with van der Waals surface area (Å²) < 4.78 is 0. The van der Waals surface area contributed by atoms with Crippen LogP contribution in [0.3, 0.4) is 0 Å². The van der Waals surface area contributed by atoms with Crippen molar-refractivity contribution in [2.45, 2.75) is 58.5 Å². The van der Waals surface area contributed by atoms with Gasteiger partial charge in [-0.25, -0.2) is 9.69 Å². The van der Waals surface area contributed by atoms with Crippen molar-refractivity contribution in [1.82, 2.24) is 9.88 Å². The first-order valence-corrected chi connectivity index (χ1v) is 9.90. The maximum absolute atomic E-state index is 13.2. The summed E-state index contributed by atoms with van der Waals surface area (Å²) in [5.41, 5.74) is 7.21. The van der Waals surface area contributed by atoms with E-state index < -0.39 is 11.4 Å². The Morgan fingerprint density at radius 2 is 1.73 bits per heavy atom. The quantitative estimate of drug-likeness (QED) is 0.769. The summed E-state index contributed by atoms with van der Waals surface area (Å²) in [6.07, 6.45) is 1.60. The fourth-order valence-electron chi connectivity index (χ4n) is 3.52.